The lowest BCUT2D eigenvalue weighted by molar-refractivity contribution is -0.117. The maximum absolute atomic E-state index is 12.6. The first-order chi connectivity index (χ1) is 15.4. The van der Waals surface area contributed by atoms with Gasteiger partial charge in [0.25, 0.3) is 0 Å². The van der Waals surface area contributed by atoms with E-state index in [0.717, 1.165) is 11.4 Å². The number of hydrogen-bond donors (Lipinski definition) is 0. The van der Waals surface area contributed by atoms with Crippen molar-refractivity contribution in [2.45, 2.75) is 32.2 Å². The molecule has 0 aliphatic carbocycles. The summed E-state index contributed by atoms with van der Waals surface area (Å²) in [4.78, 5) is 30.9. The van der Waals surface area contributed by atoms with Crippen LogP contribution in [-0.4, -0.2) is 34.3 Å². The molecule has 32 heavy (non-hydrogen) atoms. The number of oxazole rings is 1. The molecule has 2 aromatic heterocycles. The first-order valence-electron chi connectivity index (χ1n) is 10.4. The van der Waals surface area contributed by atoms with E-state index in [1.165, 1.54) is 0 Å². The summed E-state index contributed by atoms with van der Waals surface area (Å²) in [6.07, 6.45) is 0.290. The first kappa shape index (κ1) is 20.0. The van der Waals surface area contributed by atoms with Crippen molar-refractivity contribution in [3.8, 4) is 17.1 Å². The molecule has 0 saturated carbocycles. The van der Waals surface area contributed by atoms with Crippen molar-refractivity contribution >= 4 is 22.7 Å². The molecule has 0 unspecified atom stereocenters. The Morgan fingerprint density at radius 1 is 1.12 bits per heavy atom. The fourth-order valence-electron chi connectivity index (χ4n) is 4.07. The Bertz CT molecular complexity index is 1350. The van der Waals surface area contributed by atoms with Gasteiger partial charge in [0, 0.05) is 30.3 Å². The zero-order valence-corrected chi connectivity index (χ0v) is 17.9. The minimum Gasteiger partial charge on any atom is -0.497 e. The number of amides is 1. The van der Waals surface area contributed by atoms with Gasteiger partial charge in [-0.15, -0.1) is 0 Å². The van der Waals surface area contributed by atoms with Gasteiger partial charge in [0.15, 0.2) is 5.58 Å². The molecule has 1 aliphatic rings. The van der Waals surface area contributed by atoms with E-state index in [1.807, 2.05) is 50.2 Å². The zero-order valence-electron chi connectivity index (χ0n) is 17.9. The number of hydrogen-bond acceptors (Lipinski definition) is 7. The highest BCUT2D eigenvalue weighted by molar-refractivity contribution is 5.96. The summed E-state index contributed by atoms with van der Waals surface area (Å²) in [6, 6.07) is 12.7. The van der Waals surface area contributed by atoms with E-state index in [0.29, 0.717) is 41.3 Å². The van der Waals surface area contributed by atoms with Crippen molar-refractivity contribution in [3.05, 3.63) is 58.9 Å². The third kappa shape index (κ3) is 3.35. The van der Waals surface area contributed by atoms with Gasteiger partial charge in [-0.1, -0.05) is 5.16 Å². The van der Waals surface area contributed by atoms with Crippen LogP contribution in [0, 0.1) is 0 Å². The molecule has 1 amide bonds. The van der Waals surface area contributed by atoms with Gasteiger partial charge in [0.05, 0.1) is 18.5 Å². The van der Waals surface area contributed by atoms with E-state index in [1.54, 1.807) is 22.6 Å². The van der Waals surface area contributed by atoms with E-state index in [-0.39, 0.29) is 17.9 Å². The number of methoxy groups -OCH3 is 1. The molecular formula is C23H22N4O5. The molecule has 0 bridgehead atoms. The second-order valence-electron chi connectivity index (χ2n) is 8.07. The summed E-state index contributed by atoms with van der Waals surface area (Å²) in [6.45, 7) is 4.31. The predicted octanol–water partition coefficient (Wildman–Crippen LogP) is 3.75. The lowest BCUT2D eigenvalue weighted by Crippen LogP contribution is -2.24. The summed E-state index contributed by atoms with van der Waals surface area (Å²) < 4.78 is 17.7. The average Bonchev–Trinajstić information content (AvgIpc) is 3.49. The van der Waals surface area contributed by atoms with Crippen LogP contribution in [-0.2, 0) is 4.79 Å². The maximum Gasteiger partial charge on any atom is 0.420 e. The van der Waals surface area contributed by atoms with E-state index in [4.69, 9.17) is 13.7 Å². The fraction of sp³-hybridized carbons (Fsp3) is 0.304. The van der Waals surface area contributed by atoms with Crippen LogP contribution in [0.25, 0.3) is 22.5 Å². The molecule has 1 atom stereocenters. The third-order valence-electron chi connectivity index (χ3n) is 5.69. The zero-order chi connectivity index (χ0) is 22.4. The lowest BCUT2D eigenvalue weighted by Gasteiger charge is -2.16. The van der Waals surface area contributed by atoms with Crippen LogP contribution in [0.1, 0.15) is 38.1 Å². The largest absolute Gasteiger partial charge is 0.497 e. The molecule has 0 radical (unpaired) electrons. The van der Waals surface area contributed by atoms with Gasteiger partial charge in [-0.2, -0.15) is 4.98 Å². The third-order valence-corrected chi connectivity index (χ3v) is 5.69. The highest BCUT2D eigenvalue weighted by Gasteiger charge is 2.35. The molecule has 1 aliphatic heterocycles. The second kappa shape index (κ2) is 7.67. The Morgan fingerprint density at radius 3 is 2.62 bits per heavy atom. The highest BCUT2D eigenvalue weighted by Crippen LogP contribution is 2.33. The molecule has 0 spiro atoms. The Morgan fingerprint density at radius 2 is 1.91 bits per heavy atom. The van der Waals surface area contributed by atoms with Crippen LogP contribution < -0.4 is 15.4 Å². The predicted molar refractivity (Wildman–Crippen MR) is 117 cm³/mol. The lowest BCUT2D eigenvalue weighted by atomic mass is 10.1. The van der Waals surface area contributed by atoms with Crippen molar-refractivity contribution in [3.63, 3.8) is 0 Å². The molecule has 0 N–H and O–H groups in total. The van der Waals surface area contributed by atoms with Crippen LogP contribution in [0.15, 0.2) is 56.2 Å². The van der Waals surface area contributed by atoms with Crippen LogP contribution >= 0.6 is 0 Å². The van der Waals surface area contributed by atoms with E-state index < -0.39 is 5.76 Å². The SMILES string of the molecule is COc1ccc(N2C[C@@H](c3nc(-c4ccc5c(c4)oc(=O)n5C(C)C)no3)CC2=O)cc1. The first-order valence-corrected chi connectivity index (χ1v) is 10.4. The highest BCUT2D eigenvalue weighted by atomic mass is 16.5. The summed E-state index contributed by atoms with van der Waals surface area (Å²) in [5, 5.41) is 4.09. The van der Waals surface area contributed by atoms with Crippen molar-refractivity contribution in [1.29, 1.82) is 0 Å². The average molecular weight is 434 g/mol. The Labute approximate surface area is 183 Å². The smallest absolute Gasteiger partial charge is 0.420 e. The van der Waals surface area contributed by atoms with Gasteiger partial charge < -0.3 is 18.6 Å². The quantitative estimate of drug-likeness (QED) is 0.471. The van der Waals surface area contributed by atoms with Crippen LogP contribution in [0.2, 0.25) is 0 Å². The Kier molecular flexibility index (Phi) is 4.80. The molecule has 1 saturated heterocycles. The van der Waals surface area contributed by atoms with E-state index in [9.17, 15) is 9.59 Å². The Balaban J connectivity index is 1.39. The normalized spacial score (nSPS) is 16.4. The molecule has 3 heterocycles. The fourth-order valence-corrected chi connectivity index (χ4v) is 4.07. The molecule has 9 nitrogen and oxygen atoms in total. The van der Waals surface area contributed by atoms with Crippen LogP contribution in [0.3, 0.4) is 0 Å². The van der Waals surface area contributed by atoms with Gasteiger partial charge in [0.1, 0.15) is 5.75 Å². The maximum atomic E-state index is 12.6. The number of carbonyl (C=O) groups excluding carboxylic acids is 1. The van der Waals surface area contributed by atoms with Gasteiger partial charge >= 0.3 is 5.76 Å². The number of carbonyl (C=O) groups is 1. The number of fused-ring (bicyclic) bond motifs is 1. The van der Waals surface area contributed by atoms with Gasteiger partial charge in [-0.25, -0.2) is 4.79 Å². The molecular weight excluding hydrogens is 412 g/mol. The van der Waals surface area contributed by atoms with E-state index >= 15 is 0 Å². The second-order valence-corrected chi connectivity index (χ2v) is 8.07. The number of rotatable bonds is 5. The van der Waals surface area contributed by atoms with Crippen molar-refractivity contribution < 1.29 is 18.5 Å². The molecule has 5 rings (SSSR count). The summed E-state index contributed by atoms with van der Waals surface area (Å²) in [7, 11) is 1.60. The molecule has 1 fully saturated rings. The van der Waals surface area contributed by atoms with E-state index in [2.05, 4.69) is 10.1 Å². The monoisotopic (exact) mass is 434 g/mol. The molecule has 4 aromatic rings. The van der Waals surface area contributed by atoms with Gasteiger partial charge in [-0.3, -0.25) is 9.36 Å². The number of ether oxygens (including phenoxy) is 1. The topological polar surface area (TPSA) is 104 Å². The molecule has 2 aromatic carbocycles. The van der Waals surface area contributed by atoms with Crippen molar-refractivity contribution in [2.24, 2.45) is 0 Å². The number of nitrogens with zero attached hydrogens (tertiary/aromatic N) is 4. The van der Waals surface area contributed by atoms with Crippen molar-refractivity contribution in [2.75, 3.05) is 18.6 Å². The number of benzene rings is 2. The van der Waals surface area contributed by atoms with Crippen molar-refractivity contribution in [1.82, 2.24) is 14.7 Å². The van der Waals surface area contributed by atoms with Crippen LogP contribution in [0.4, 0.5) is 5.69 Å². The minimum absolute atomic E-state index is 0.00173. The summed E-state index contributed by atoms with van der Waals surface area (Å²) in [5.41, 5.74) is 2.66. The standard InChI is InChI=1S/C23H22N4O5/c1-13(2)27-18-9-4-14(10-19(18)31-23(27)29)21-24-22(32-25-21)15-11-20(28)26(12-15)16-5-7-17(30-3)8-6-16/h4-10,13,15H,11-12H2,1-3H3/t15-/m0/s1. The number of anilines is 1. The summed E-state index contributed by atoms with van der Waals surface area (Å²) >= 11 is 0. The number of aromatic nitrogens is 3. The molecule has 9 heteroatoms. The Hall–Kier alpha value is -3.88. The van der Waals surface area contributed by atoms with Gasteiger partial charge in [0.2, 0.25) is 17.6 Å². The summed E-state index contributed by atoms with van der Waals surface area (Å²) in [5.74, 6) is 0.926. The van der Waals surface area contributed by atoms with Gasteiger partial charge in [-0.05, 0) is 56.3 Å². The molecule has 164 valence electrons. The minimum atomic E-state index is -0.399. The van der Waals surface area contributed by atoms with Crippen LogP contribution in [0.5, 0.6) is 5.75 Å².